The minimum absolute atomic E-state index is 0.0211. The SMILES string of the molecule is CCc1ccccc1NC(=O)N1CCCC1c1cnn(C)c1. The van der Waals surface area contributed by atoms with Crippen LogP contribution in [0.2, 0.25) is 0 Å². The fourth-order valence-electron chi connectivity index (χ4n) is 3.11. The summed E-state index contributed by atoms with van der Waals surface area (Å²) in [6, 6.07) is 8.08. The summed E-state index contributed by atoms with van der Waals surface area (Å²) in [5.74, 6) is 0. The number of para-hydroxylation sites is 1. The van der Waals surface area contributed by atoms with Crippen LogP contribution in [0.25, 0.3) is 0 Å². The number of carbonyl (C=O) groups excluding carboxylic acids is 1. The predicted octanol–water partition coefficient (Wildman–Crippen LogP) is 3.35. The molecule has 5 heteroatoms. The van der Waals surface area contributed by atoms with E-state index in [-0.39, 0.29) is 12.1 Å². The van der Waals surface area contributed by atoms with Gasteiger partial charge in [-0.25, -0.2) is 4.79 Å². The van der Waals surface area contributed by atoms with Crippen molar-refractivity contribution in [3.63, 3.8) is 0 Å². The molecule has 0 spiro atoms. The van der Waals surface area contributed by atoms with Gasteiger partial charge in [0, 0.05) is 31.0 Å². The summed E-state index contributed by atoms with van der Waals surface area (Å²) in [6.07, 6.45) is 6.78. The second-order valence-corrected chi connectivity index (χ2v) is 5.74. The van der Waals surface area contributed by atoms with E-state index in [4.69, 9.17) is 0 Å². The van der Waals surface area contributed by atoms with Crippen molar-refractivity contribution in [2.45, 2.75) is 32.2 Å². The van der Waals surface area contributed by atoms with Crippen molar-refractivity contribution in [3.8, 4) is 0 Å². The zero-order valence-corrected chi connectivity index (χ0v) is 13.1. The molecule has 0 aliphatic carbocycles. The quantitative estimate of drug-likeness (QED) is 0.944. The first kappa shape index (κ1) is 14.6. The first-order valence-electron chi connectivity index (χ1n) is 7.83. The highest BCUT2D eigenvalue weighted by Gasteiger charge is 2.30. The van der Waals surface area contributed by atoms with Gasteiger partial charge >= 0.3 is 6.03 Å². The molecule has 1 atom stereocenters. The summed E-state index contributed by atoms with van der Waals surface area (Å²) in [5, 5.41) is 7.29. The molecule has 1 fully saturated rings. The lowest BCUT2D eigenvalue weighted by Crippen LogP contribution is -2.34. The third kappa shape index (κ3) is 2.84. The highest BCUT2D eigenvalue weighted by molar-refractivity contribution is 5.90. The number of likely N-dealkylation sites (tertiary alicyclic amines) is 1. The van der Waals surface area contributed by atoms with Crippen LogP contribution in [0.15, 0.2) is 36.7 Å². The van der Waals surface area contributed by atoms with E-state index in [0.29, 0.717) is 0 Å². The molecule has 5 nitrogen and oxygen atoms in total. The van der Waals surface area contributed by atoms with Crippen molar-refractivity contribution >= 4 is 11.7 Å². The molecule has 0 bridgehead atoms. The van der Waals surface area contributed by atoms with Crippen LogP contribution in [-0.4, -0.2) is 27.3 Å². The van der Waals surface area contributed by atoms with Gasteiger partial charge < -0.3 is 10.2 Å². The van der Waals surface area contributed by atoms with Gasteiger partial charge in [0.15, 0.2) is 0 Å². The van der Waals surface area contributed by atoms with Crippen LogP contribution in [0, 0.1) is 0 Å². The molecule has 22 heavy (non-hydrogen) atoms. The van der Waals surface area contributed by atoms with Gasteiger partial charge in [-0.15, -0.1) is 0 Å². The molecule has 1 N–H and O–H groups in total. The van der Waals surface area contributed by atoms with Crippen LogP contribution < -0.4 is 5.32 Å². The van der Waals surface area contributed by atoms with Crippen LogP contribution in [0.5, 0.6) is 0 Å². The maximum Gasteiger partial charge on any atom is 0.322 e. The third-order valence-corrected chi connectivity index (χ3v) is 4.26. The molecule has 3 rings (SSSR count). The number of carbonyl (C=O) groups is 1. The number of rotatable bonds is 3. The summed E-state index contributed by atoms with van der Waals surface area (Å²) in [7, 11) is 1.90. The van der Waals surface area contributed by atoms with Gasteiger partial charge in [0.05, 0.1) is 12.2 Å². The Morgan fingerprint density at radius 2 is 2.23 bits per heavy atom. The van der Waals surface area contributed by atoms with Crippen LogP contribution >= 0.6 is 0 Å². The van der Waals surface area contributed by atoms with E-state index < -0.39 is 0 Å². The largest absolute Gasteiger partial charge is 0.322 e. The maximum atomic E-state index is 12.7. The van der Waals surface area contributed by atoms with Crippen molar-refractivity contribution in [2.75, 3.05) is 11.9 Å². The van der Waals surface area contributed by atoms with Gasteiger partial charge in [-0.2, -0.15) is 5.10 Å². The Hall–Kier alpha value is -2.30. The van der Waals surface area contributed by atoms with Crippen molar-refractivity contribution in [3.05, 3.63) is 47.8 Å². The van der Waals surface area contributed by atoms with Crippen molar-refractivity contribution in [1.29, 1.82) is 0 Å². The van der Waals surface area contributed by atoms with Gasteiger partial charge in [0.2, 0.25) is 0 Å². The van der Waals surface area contributed by atoms with Gasteiger partial charge in [-0.3, -0.25) is 4.68 Å². The summed E-state index contributed by atoms with van der Waals surface area (Å²) >= 11 is 0. The Labute approximate surface area is 130 Å². The number of benzene rings is 1. The monoisotopic (exact) mass is 298 g/mol. The number of urea groups is 1. The summed E-state index contributed by atoms with van der Waals surface area (Å²) in [5.41, 5.74) is 3.18. The van der Waals surface area contributed by atoms with Crippen LogP contribution in [0.3, 0.4) is 0 Å². The molecule has 0 radical (unpaired) electrons. The van der Waals surface area contributed by atoms with Crippen LogP contribution in [-0.2, 0) is 13.5 Å². The molecule has 2 heterocycles. The first-order valence-corrected chi connectivity index (χ1v) is 7.83. The summed E-state index contributed by atoms with van der Waals surface area (Å²) < 4.78 is 1.79. The van der Waals surface area contributed by atoms with Crippen LogP contribution in [0.1, 0.15) is 36.9 Å². The number of amides is 2. The van der Waals surface area contributed by atoms with E-state index in [2.05, 4.69) is 23.4 Å². The number of nitrogens with one attached hydrogen (secondary N) is 1. The molecule has 2 aromatic rings. The second-order valence-electron chi connectivity index (χ2n) is 5.74. The van der Waals surface area contributed by atoms with E-state index in [1.165, 1.54) is 0 Å². The number of nitrogens with zero attached hydrogens (tertiary/aromatic N) is 3. The van der Waals surface area contributed by atoms with E-state index in [0.717, 1.165) is 42.6 Å². The Kier molecular flexibility index (Phi) is 4.13. The summed E-state index contributed by atoms with van der Waals surface area (Å²) in [4.78, 5) is 14.6. The van der Waals surface area contributed by atoms with Crippen molar-refractivity contribution < 1.29 is 4.79 Å². The normalized spacial score (nSPS) is 17.7. The number of hydrogen-bond acceptors (Lipinski definition) is 2. The minimum Gasteiger partial charge on any atom is -0.317 e. The minimum atomic E-state index is -0.0211. The molecule has 1 aromatic heterocycles. The molecule has 1 saturated heterocycles. The predicted molar refractivity (Wildman–Crippen MR) is 86.7 cm³/mol. The van der Waals surface area contributed by atoms with Crippen LogP contribution in [0.4, 0.5) is 10.5 Å². The Balaban J connectivity index is 1.76. The van der Waals surface area contributed by atoms with Gasteiger partial charge in [-0.05, 0) is 30.9 Å². The lowest BCUT2D eigenvalue weighted by molar-refractivity contribution is 0.207. The third-order valence-electron chi connectivity index (χ3n) is 4.26. The molecule has 0 saturated carbocycles. The molecule has 1 aromatic carbocycles. The highest BCUT2D eigenvalue weighted by Crippen LogP contribution is 2.32. The zero-order valence-electron chi connectivity index (χ0n) is 13.1. The van der Waals surface area contributed by atoms with Crippen molar-refractivity contribution in [1.82, 2.24) is 14.7 Å². The second kappa shape index (κ2) is 6.22. The molecule has 116 valence electrons. The van der Waals surface area contributed by atoms with Crippen molar-refractivity contribution in [2.24, 2.45) is 7.05 Å². The van der Waals surface area contributed by atoms with E-state index in [9.17, 15) is 4.79 Å². The smallest absolute Gasteiger partial charge is 0.317 e. The number of anilines is 1. The molecule has 1 aliphatic rings. The topological polar surface area (TPSA) is 50.2 Å². The fourth-order valence-corrected chi connectivity index (χ4v) is 3.11. The molecule has 2 amide bonds. The average molecular weight is 298 g/mol. The number of aromatic nitrogens is 2. The lowest BCUT2D eigenvalue weighted by Gasteiger charge is -2.24. The fraction of sp³-hybridized carbons (Fsp3) is 0.412. The molecular weight excluding hydrogens is 276 g/mol. The standard InChI is InChI=1S/C17H22N4O/c1-3-13-7-4-5-8-15(13)19-17(22)21-10-6-9-16(21)14-11-18-20(2)12-14/h4-5,7-8,11-12,16H,3,6,9-10H2,1-2H3,(H,19,22). The highest BCUT2D eigenvalue weighted by atomic mass is 16.2. The van der Waals surface area contributed by atoms with Gasteiger partial charge in [0.1, 0.15) is 0 Å². The Morgan fingerprint density at radius 1 is 1.41 bits per heavy atom. The van der Waals surface area contributed by atoms with Gasteiger partial charge in [-0.1, -0.05) is 25.1 Å². The number of hydrogen-bond donors (Lipinski definition) is 1. The average Bonchev–Trinajstić information content (AvgIpc) is 3.16. The maximum absolute atomic E-state index is 12.7. The zero-order chi connectivity index (χ0) is 15.5. The molecular formula is C17H22N4O. The van der Waals surface area contributed by atoms with E-state index >= 15 is 0 Å². The Bertz CT molecular complexity index is 664. The lowest BCUT2D eigenvalue weighted by atomic mass is 10.1. The molecule has 1 aliphatic heterocycles. The first-order chi connectivity index (χ1) is 10.7. The Morgan fingerprint density at radius 3 is 2.95 bits per heavy atom. The molecule has 1 unspecified atom stereocenters. The van der Waals surface area contributed by atoms with E-state index in [1.807, 2.05) is 42.5 Å². The van der Waals surface area contributed by atoms with Gasteiger partial charge in [0.25, 0.3) is 0 Å². The summed E-state index contributed by atoms with van der Waals surface area (Å²) in [6.45, 7) is 2.89. The van der Waals surface area contributed by atoms with E-state index in [1.54, 1.807) is 4.68 Å². The number of aryl methyl sites for hydroxylation is 2.